The average Bonchev–Trinajstić information content (AvgIpc) is 2.69. The number of hydrogen-bond donors (Lipinski definition) is 0. The van der Waals surface area contributed by atoms with Gasteiger partial charge in [0.05, 0.1) is 0 Å². The molecule has 0 bridgehead atoms. The summed E-state index contributed by atoms with van der Waals surface area (Å²) in [6, 6.07) is 20.2. The highest BCUT2D eigenvalue weighted by Crippen LogP contribution is 2.35. The summed E-state index contributed by atoms with van der Waals surface area (Å²) < 4.78 is 6.14. The fraction of sp³-hybridized carbons (Fsp3) is 0.423. The molecule has 1 fully saturated rings. The number of ether oxygens (including phenoxy) is 1. The van der Waals surface area contributed by atoms with Crippen LogP contribution in [0.25, 0.3) is 6.08 Å². The maximum atomic E-state index is 13.2. The van der Waals surface area contributed by atoms with E-state index >= 15 is 0 Å². The van der Waals surface area contributed by atoms with Gasteiger partial charge in [0.15, 0.2) is 0 Å². The van der Waals surface area contributed by atoms with E-state index in [-0.39, 0.29) is 12.1 Å². The molecule has 0 aromatic heterocycles. The van der Waals surface area contributed by atoms with E-state index in [4.69, 9.17) is 4.74 Å². The number of benzene rings is 2. The Labute approximate surface area is 169 Å². The molecule has 0 unspecified atom stereocenters. The molecule has 0 amide bonds. The van der Waals surface area contributed by atoms with Crippen molar-refractivity contribution in [2.45, 2.75) is 52.6 Å². The normalized spacial score (nSPS) is 22.9. The van der Waals surface area contributed by atoms with Crippen molar-refractivity contribution in [3.8, 4) is 0 Å². The monoisotopic (exact) mass is 376 g/mol. The summed E-state index contributed by atoms with van der Waals surface area (Å²) in [5.41, 5.74) is 2.87. The van der Waals surface area contributed by atoms with Crippen molar-refractivity contribution < 1.29 is 9.53 Å². The molecule has 0 heterocycles. The second-order valence-electron chi connectivity index (χ2n) is 8.51. The maximum Gasteiger partial charge on any atom is 0.334 e. The van der Waals surface area contributed by atoms with Crippen LogP contribution in [0.1, 0.15) is 51.2 Å². The van der Waals surface area contributed by atoms with Gasteiger partial charge in [-0.3, -0.25) is 0 Å². The van der Waals surface area contributed by atoms with Gasteiger partial charge in [-0.15, -0.1) is 0 Å². The summed E-state index contributed by atoms with van der Waals surface area (Å²) in [6.45, 7) is 6.75. The van der Waals surface area contributed by atoms with Gasteiger partial charge in [0, 0.05) is 12.0 Å². The Hall–Kier alpha value is -2.35. The molecule has 1 aliphatic carbocycles. The van der Waals surface area contributed by atoms with Gasteiger partial charge in [0.25, 0.3) is 0 Å². The molecule has 3 rings (SSSR count). The van der Waals surface area contributed by atoms with Gasteiger partial charge in [-0.05, 0) is 47.8 Å². The van der Waals surface area contributed by atoms with Crippen LogP contribution in [0.15, 0.2) is 66.2 Å². The zero-order valence-electron chi connectivity index (χ0n) is 17.3. The quantitative estimate of drug-likeness (QED) is 0.436. The molecule has 0 saturated heterocycles. The lowest BCUT2D eigenvalue weighted by Gasteiger charge is -2.36. The Morgan fingerprint density at radius 1 is 1.04 bits per heavy atom. The number of carbonyl (C=O) groups excluding carboxylic acids is 1. The third-order valence-electron chi connectivity index (χ3n) is 5.86. The molecular formula is C26H32O2. The van der Waals surface area contributed by atoms with E-state index in [0.717, 1.165) is 29.5 Å². The molecule has 0 spiro atoms. The molecular weight excluding hydrogens is 344 g/mol. The molecule has 3 atom stereocenters. The van der Waals surface area contributed by atoms with Crippen molar-refractivity contribution in [3.63, 3.8) is 0 Å². The molecule has 0 aliphatic heterocycles. The van der Waals surface area contributed by atoms with Crippen molar-refractivity contribution in [3.05, 3.63) is 77.4 Å². The van der Waals surface area contributed by atoms with E-state index in [1.54, 1.807) is 0 Å². The highest BCUT2D eigenvalue weighted by Gasteiger charge is 2.33. The number of hydrogen-bond acceptors (Lipinski definition) is 2. The van der Waals surface area contributed by atoms with E-state index in [2.05, 4.69) is 32.9 Å². The van der Waals surface area contributed by atoms with Gasteiger partial charge in [-0.2, -0.15) is 0 Å². The third-order valence-corrected chi connectivity index (χ3v) is 5.86. The topological polar surface area (TPSA) is 26.3 Å². The van der Waals surface area contributed by atoms with Crippen molar-refractivity contribution in [2.75, 3.05) is 0 Å². The molecule has 0 N–H and O–H groups in total. The van der Waals surface area contributed by atoms with Crippen molar-refractivity contribution in [1.82, 2.24) is 0 Å². The van der Waals surface area contributed by atoms with Gasteiger partial charge in [-0.1, -0.05) is 87.9 Å². The van der Waals surface area contributed by atoms with E-state index in [1.807, 2.05) is 54.6 Å². The highest BCUT2D eigenvalue weighted by molar-refractivity contribution is 5.94. The first-order chi connectivity index (χ1) is 13.5. The van der Waals surface area contributed by atoms with Crippen LogP contribution in [-0.4, -0.2) is 12.1 Å². The first kappa shape index (κ1) is 20.4. The third kappa shape index (κ3) is 5.58. The maximum absolute atomic E-state index is 13.2. The second kappa shape index (κ2) is 9.73. The summed E-state index contributed by atoms with van der Waals surface area (Å²) in [4.78, 5) is 13.2. The van der Waals surface area contributed by atoms with Crippen molar-refractivity contribution in [1.29, 1.82) is 0 Å². The fourth-order valence-corrected chi connectivity index (χ4v) is 4.21. The number of esters is 1. The molecule has 2 aromatic rings. The Morgan fingerprint density at radius 3 is 2.32 bits per heavy atom. The van der Waals surface area contributed by atoms with Gasteiger partial charge < -0.3 is 4.74 Å². The number of rotatable bonds is 6. The summed E-state index contributed by atoms with van der Waals surface area (Å²) in [5, 5.41) is 0. The number of carbonyl (C=O) groups is 1. The molecule has 2 aromatic carbocycles. The van der Waals surface area contributed by atoms with Crippen LogP contribution >= 0.6 is 0 Å². The van der Waals surface area contributed by atoms with Crippen LogP contribution in [-0.2, 0) is 16.0 Å². The van der Waals surface area contributed by atoms with Crippen LogP contribution < -0.4 is 0 Å². The van der Waals surface area contributed by atoms with E-state index in [1.165, 1.54) is 6.42 Å². The van der Waals surface area contributed by atoms with Crippen LogP contribution in [0.2, 0.25) is 0 Å². The molecule has 2 heteroatoms. The SMILES string of the molecule is CC(C)[C@@H]1CC[C@@H](C)C[C@@H]1OC(=O)/C(=C/c1ccccc1)Cc1ccccc1. The molecule has 28 heavy (non-hydrogen) atoms. The molecule has 1 saturated carbocycles. The smallest absolute Gasteiger partial charge is 0.334 e. The Bertz CT molecular complexity index is 777. The minimum absolute atomic E-state index is 0.0196. The first-order valence-electron chi connectivity index (χ1n) is 10.5. The fourth-order valence-electron chi connectivity index (χ4n) is 4.21. The predicted molar refractivity (Wildman–Crippen MR) is 116 cm³/mol. The lowest BCUT2D eigenvalue weighted by Crippen LogP contribution is -2.36. The lowest BCUT2D eigenvalue weighted by atomic mass is 9.75. The van der Waals surface area contributed by atoms with Gasteiger partial charge in [0.2, 0.25) is 0 Å². The van der Waals surface area contributed by atoms with Gasteiger partial charge in [-0.25, -0.2) is 4.79 Å². The van der Waals surface area contributed by atoms with Crippen LogP contribution in [0, 0.1) is 17.8 Å². The standard InChI is InChI=1S/C26H32O2/c1-19(2)24-15-14-20(3)16-25(24)28-26(27)23(17-21-10-6-4-7-11-21)18-22-12-8-5-9-13-22/h4-13,17,19-20,24-25H,14-16,18H2,1-3H3/b23-17+/t20-,24+,25+/m1/s1. The second-order valence-corrected chi connectivity index (χ2v) is 8.51. The average molecular weight is 377 g/mol. The lowest BCUT2D eigenvalue weighted by molar-refractivity contribution is -0.151. The molecule has 148 valence electrons. The van der Waals surface area contributed by atoms with E-state index in [9.17, 15) is 4.79 Å². The van der Waals surface area contributed by atoms with E-state index in [0.29, 0.717) is 24.2 Å². The summed E-state index contributed by atoms with van der Waals surface area (Å²) in [7, 11) is 0. The Balaban J connectivity index is 1.82. The molecule has 1 aliphatic rings. The highest BCUT2D eigenvalue weighted by atomic mass is 16.5. The molecule has 0 radical (unpaired) electrons. The minimum atomic E-state index is -0.169. The van der Waals surface area contributed by atoms with Crippen LogP contribution in [0.3, 0.4) is 0 Å². The molecule has 2 nitrogen and oxygen atoms in total. The summed E-state index contributed by atoms with van der Waals surface area (Å²) in [5.74, 6) is 1.43. The first-order valence-corrected chi connectivity index (χ1v) is 10.5. The minimum Gasteiger partial charge on any atom is -0.459 e. The zero-order valence-corrected chi connectivity index (χ0v) is 17.3. The summed E-state index contributed by atoms with van der Waals surface area (Å²) >= 11 is 0. The Kier molecular flexibility index (Phi) is 7.08. The van der Waals surface area contributed by atoms with Gasteiger partial charge >= 0.3 is 5.97 Å². The largest absolute Gasteiger partial charge is 0.459 e. The van der Waals surface area contributed by atoms with Crippen LogP contribution in [0.4, 0.5) is 0 Å². The van der Waals surface area contributed by atoms with Gasteiger partial charge in [0.1, 0.15) is 6.10 Å². The van der Waals surface area contributed by atoms with Crippen LogP contribution in [0.5, 0.6) is 0 Å². The van der Waals surface area contributed by atoms with E-state index < -0.39 is 0 Å². The van der Waals surface area contributed by atoms with Crippen molar-refractivity contribution >= 4 is 12.0 Å². The Morgan fingerprint density at radius 2 is 1.68 bits per heavy atom. The van der Waals surface area contributed by atoms with Crippen molar-refractivity contribution in [2.24, 2.45) is 17.8 Å². The zero-order chi connectivity index (χ0) is 19.9. The summed E-state index contributed by atoms with van der Waals surface area (Å²) in [6.07, 6.45) is 5.93. The predicted octanol–water partition coefficient (Wildman–Crippen LogP) is 6.32.